The number of rotatable bonds is 3. The molecule has 1 fully saturated rings. The summed E-state index contributed by atoms with van der Waals surface area (Å²) in [6.45, 7) is 1.13. The van der Waals surface area contributed by atoms with Crippen LogP contribution in [0.15, 0.2) is 21.2 Å². The first-order valence-corrected chi connectivity index (χ1v) is 7.10. The normalized spacial score (nSPS) is 15.7. The molecule has 106 valence electrons. The van der Waals surface area contributed by atoms with Gasteiger partial charge in [-0.15, -0.1) is 0 Å². The van der Waals surface area contributed by atoms with Crippen molar-refractivity contribution in [3.8, 4) is 6.07 Å². The van der Waals surface area contributed by atoms with E-state index in [0.29, 0.717) is 36.4 Å². The van der Waals surface area contributed by atoms with Crippen molar-refractivity contribution in [1.29, 1.82) is 5.26 Å². The molecule has 0 unspecified atom stereocenters. The van der Waals surface area contributed by atoms with E-state index in [1.807, 2.05) is 6.07 Å². The van der Waals surface area contributed by atoms with Crippen LogP contribution in [0.4, 0.5) is 0 Å². The summed E-state index contributed by atoms with van der Waals surface area (Å²) in [5.41, 5.74) is 0. The van der Waals surface area contributed by atoms with E-state index in [-0.39, 0.29) is 24.3 Å². The molecule has 7 heteroatoms. The number of piperidine rings is 1. The highest BCUT2D eigenvalue weighted by Crippen LogP contribution is 2.18. The molecule has 1 saturated heterocycles. The van der Waals surface area contributed by atoms with Crippen LogP contribution in [0.1, 0.15) is 29.8 Å². The number of carbonyl (C=O) groups is 2. The van der Waals surface area contributed by atoms with Crippen LogP contribution in [0.3, 0.4) is 0 Å². The van der Waals surface area contributed by atoms with E-state index in [1.54, 1.807) is 17.0 Å². The minimum absolute atomic E-state index is 0.0308. The lowest BCUT2D eigenvalue weighted by Gasteiger charge is -2.31. The number of carbonyl (C=O) groups excluding carboxylic acids is 2. The predicted octanol–water partition coefficient (Wildman–Crippen LogP) is 1.68. The average Bonchev–Trinajstić information content (AvgIpc) is 2.86. The molecule has 1 aliphatic rings. The molecule has 1 aromatic rings. The lowest BCUT2D eigenvalue weighted by atomic mass is 10.0. The van der Waals surface area contributed by atoms with Gasteiger partial charge in [0.1, 0.15) is 6.42 Å². The molecule has 0 radical (unpaired) electrons. The van der Waals surface area contributed by atoms with Crippen LogP contribution >= 0.6 is 15.9 Å². The maximum absolute atomic E-state index is 12.1. The van der Waals surface area contributed by atoms with E-state index in [2.05, 4.69) is 21.2 Å². The van der Waals surface area contributed by atoms with Gasteiger partial charge in [0.25, 0.3) is 5.91 Å². The second-order valence-corrected chi connectivity index (χ2v) is 5.35. The average molecular weight is 340 g/mol. The first kappa shape index (κ1) is 14.6. The lowest BCUT2D eigenvalue weighted by Crippen LogP contribution is -2.46. The Hall–Kier alpha value is -1.81. The number of nitrogens with zero attached hydrogens (tertiary/aromatic N) is 2. The zero-order chi connectivity index (χ0) is 14.5. The summed E-state index contributed by atoms with van der Waals surface area (Å²) < 4.78 is 5.77. The van der Waals surface area contributed by atoms with Gasteiger partial charge in [0, 0.05) is 19.1 Å². The summed E-state index contributed by atoms with van der Waals surface area (Å²) >= 11 is 3.16. The number of hydrogen-bond acceptors (Lipinski definition) is 4. The Kier molecular flexibility index (Phi) is 4.79. The highest BCUT2D eigenvalue weighted by Gasteiger charge is 2.26. The summed E-state index contributed by atoms with van der Waals surface area (Å²) in [4.78, 5) is 25.1. The molecule has 20 heavy (non-hydrogen) atoms. The molecule has 1 aromatic heterocycles. The molecule has 0 spiro atoms. The van der Waals surface area contributed by atoms with Crippen molar-refractivity contribution in [3.63, 3.8) is 0 Å². The summed E-state index contributed by atoms with van der Waals surface area (Å²) in [6.07, 6.45) is 1.25. The quantitative estimate of drug-likeness (QED) is 0.907. The fraction of sp³-hybridized carbons (Fsp3) is 0.462. The second-order valence-electron chi connectivity index (χ2n) is 4.57. The number of nitriles is 1. The molecule has 1 N–H and O–H groups in total. The van der Waals surface area contributed by atoms with Crippen molar-refractivity contribution in [2.75, 3.05) is 13.1 Å². The van der Waals surface area contributed by atoms with Gasteiger partial charge in [-0.25, -0.2) is 0 Å². The standard InChI is InChI=1S/C13H14BrN3O3/c14-11-2-1-10(20-11)13(19)17-7-4-9(5-8-17)16-12(18)3-6-15/h1-2,9H,3-5,7-8H2,(H,16,18). The SMILES string of the molecule is N#CCC(=O)NC1CCN(C(=O)c2ccc(Br)o2)CC1. The van der Waals surface area contributed by atoms with Crippen molar-refractivity contribution in [3.05, 3.63) is 22.6 Å². The van der Waals surface area contributed by atoms with Crippen LogP contribution in [-0.4, -0.2) is 35.8 Å². The third-order valence-corrected chi connectivity index (χ3v) is 3.60. The highest BCUT2D eigenvalue weighted by molar-refractivity contribution is 9.10. The van der Waals surface area contributed by atoms with Gasteiger partial charge in [0.05, 0.1) is 6.07 Å². The summed E-state index contributed by atoms with van der Waals surface area (Å²) in [5, 5.41) is 11.2. The van der Waals surface area contributed by atoms with Crippen molar-refractivity contribution in [1.82, 2.24) is 10.2 Å². The topological polar surface area (TPSA) is 86.3 Å². The van der Waals surface area contributed by atoms with Gasteiger partial charge < -0.3 is 14.6 Å². The number of furan rings is 1. The molecular weight excluding hydrogens is 326 g/mol. The molecule has 2 rings (SSSR count). The van der Waals surface area contributed by atoms with Gasteiger partial charge in [-0.1, -0.05) is 0 Å². The maximum atomic E-state index is 12.1. The van der Waals surface area contributed by atoms with Gasteiger partial charge in [0.2, 0.25) is 5.91 Å². The monoisotopic (exact) mass is 339 g/mol. The second kappa shape index (κ2) is 6.57. The number of amides is 2. The molecule has 6 nitrogen and oxygen atoms in total. The molecule has 2 amide bonds. The Morgan fingerprint density at radius 1 is 1.45 bits per heavy atom. The molecular formula is C13H14BrN3O3. The van der Waals surface area contributed by atoms with Crippen molar-refractivity contribution in [2.45, 2.75) is 25.3 Å². The van der Waals surface area contributed by atoms with Crippen molar-refractivity contribution in [2.24, 2.45) is 0 Å². The first-order valence-electron chi connectivity index (χ1n) is 6.31. The van der Waals surface area contributed by atoms with Crippen LogP contribution < -0.4 is 5.32 Å². The van der Waals surface area contributed by atoms with Gasteiger partial charge in [-0.05, 0) is 40.9 Å². The minimum Gasteiger partial charge on any atom is -0.444 e. The summed E-state index contributed by atoms with van der Waals surface area (Å²) in [6, 6.07) is 5.16. The number of hydrogen-bond donors (Lipinski definition) is 1. The molecule has 0 atom stereocenters. The van der Waals surface area contributed by atoms with E-state index in [1.165, 1.54) is 0 Å². The highest BCUT2D eigenvalue weighted by atomic mass is 79.9. The third-order valence-electron chi connectivity index (χ3n) is 3.17. The minimum atomic E-state index is -0.257. The molecule has 0 bridgehead atoms. The molecule has 0 aliphatic carbocycles. The predicted molar refractivity (Wildman–Crippen MR) is 73.7 cm³/mol. The zero-order valence-electron chi connectivity index (χ0n) is 10.8. The maximum Gasteiger partial charge on any atom is 0.289 e. The Morgan fingerprint density at radius 3 is 2.70 bits per heavy atom. The molecule has 1 aliphatic heterocycles. The number of likely N-dealkylation sites (tertiary alicyclic amines) is 1. The zero-order valence-corrected chi connectivity index (χ0v) is 12.4. The first-order chi connectivity index (χ1) is 9.60. The van der Waals surface area contributed by atoms with Crippen molar-refractivity contribution >= 4 is 27.7 Å². The van der Waals surface area contributed by atoms with Crippen LogP contribution in [0.2, 0.25) is 0 Å². The summed E-state index contributed by atoms with van der Waals surface area (Å²) in [7, 11) is 0. The smallest absolute Gasteiger partial charge is 0.289 e. The van der Waals surface area contributed by atoms with Gasteiger partial charge >= 0.3 is 0 Å². The third kappa shape index (κ3) is 3.61. The Labute approximate surface area is 124 Å². The number of nitrogens with one attached hydrogen (secondary N) is 1. The summed E-state index contributed by atoms with van der Waals surface area (Å²) in [5.74, 6) is -0.0893. The van der Waals surface area contributed by atoms with Gasteiger partial charge in [0.15, 0.2) is 10.4 Å². The van der Waals surface area contributed by atoms with Gasteiger partial charge in [-0.3, -0.25) is 9.59 Å². The van der Waals surface area contributed by atoms with Crippen molar-refractivity contribution < 1.29 is 14.0 Å². The Bertz CT molecular complexity index is 541. The van der Waals surface area contributed by atoms with Crippen LogP contribution in [0, 0.1) is 11.3 Å². The van der Waals surface area contributed by atoms with Crippen LogP contribution in [0.5, 0.6) is 0 Å². The fourth-order valence-electron chi connectivity index (χ4n) is 2.16. The van der Waals surface area contributed by atoms with E-state index >= 15 is 0 Å². The van der Waals surface area contributed by atoms with E-state index in [0.717, 1.165) is 0 Å². The molecule has 0 saturated carbocycles. The van der Waals surface area contributed by atoms with Crippen LogP contribution in [-0.2, 0) is 4.79 Å². The molecule has 2 heterocycles. The fourth-order valence-corrected chi connectivity index (χ4v) is 2.47. The Morgan fingerprint density at radius 2 is 2.15 bits per heavy atom. The van der Waals surface area contributed by atoms with Crippen LogP contribution in [0.25, 0.3) is 0 Å². The lowest BCUT2D eigenvalue weighted by molar-refractivity contribution is -0.121. The molecule has 0 aromatic carbocycles. The van der Waals surface area contributed by atoms with E-state index in [9.17, 15) is 9.59 Å². The van der Waals surface area contributed by atoms with Gasteiger partial charge in [-0.2, -0.15) is 5.26 Å². The van der Waals surface area contributed by atoms with E-state index in [4.69, 9.17) is 9.68 Å². The Balaban J connectivity index is 1.84. The van der Waals surface area contributed by atoms with E-state index < -0.39 is 0 Å². The number of halogens is 1. The largest absolute Gasteiger partial charge is 0.444 e.